The Kier molecular flexibility index (Phi) is 6.01. The summed E-state index contributed by atoms with van der Waals surface area (Å²) in [6.07, 6.45) is 0.0882. The highest BCUT2D eigenvalue weighted by atomic mass is 16.5. The molecule has 0 aromatic heterocycles. The fraction of sp³-hybridized carbons (Fsp3) is 0.348. The van der Waals surface area contributed by atoms with Crippen LogP contribution in [0.15, 0.2) is 36.4 Å². The molecule has 6 heteroatoms. The first-order chi connectivity index (χ1) is 13.7. The van der Waals surface area contributed by atoms with Crippen molar-refractivity contribution in [1.82, 2.24) is 0 Å². The van der Waals surface area contributed by atoms with Crippen molar-refractivity contribution < 1.29 is 19.1 Å². The number of rotatable bonds is 5. The van der Waals surface area contributed by atoms with Crippen LogP contribution in [-0.2, 0) is 19.1 Å². The summed E-state index contributed by atoms with van der Waals surface area (Å²) in [4.78, 5) is 38.5. The van der Waals surface area contributed by atoms with Gasteiger partial charge in [0, 0.05) is 24.3 Å². The largest absolute Gasteiger partial charge is 0.455 e. The topological polar surface area (TPSA) is 75.7 Å². The summed E-state index contributed by atoms with van der Waals surface area (Å²) in [5.41, 5.74) is 5.77. The third-order valence-electron chi connectivity index (χ3n) is 5.24. The van der Waals surface area contributed by atoms with Crippen LogP contribution in [0.2, 0.25) is 0 Å². The van der Waals surface area contributed by atoms with E-state index in [1.165, 1.54) is 0 Å². The molecule has 1 heterocycles. The van der Waals surface area contributed by atoms with Gasteiger partial charge in [-0.25, -0.2) is 0 Å². The molecule has 0 unspecified atom stereocenters. The van der Waals surface area contributed by atoms with Crippen molar-refractivity contribution in [3.8, 4) is 0 Å². The summed E-state index contributed by atoms with van der Waals surface area (Å²) in [6, 6.07) is 11.4. The zero-order chi connectivity index (χ0) is 21.1. The maximum atomic E-state index is 12.4. The van der Waals surface area contributed by atoms with E-state index < -0.39 is 17.8 Å². The van der Waals surface area contributed by atoms with E-state index in [2.05, 4.69) is 5.32 Å². The average Bonchev–Trinajstić information content (AvgIpc) is 3.04. The van der Waals surface area contributed by atoms with Crippen LogP contribution in [0.25, 0.3) is 0 Å². The molecule has 2 amide bonds. The number of carbonyl (C=O) groups excluding carboxylic acids is 3. The number of amides is 2. The summed E-state index contributed by atoms with van der Waals surface area (Å²) >= 11 is 0. The van der Waals surface area contributed by atoms with Crippen molar-refractivity contribution in [1.29, 1.82) is 0 Å². The van der Waals surface area contributed by atoms with Gasteiger partial charge in [0.05, 0.1) is 5.92 Å². The zero-order valence-corrected chi connectivity index (χ0v) is 17.2. The molecule has 152 valence electrons. The number of nitrogens with zero attached hydrogens (tertiary/aromatic N) is 1. The minimum absolute atomic E-state index is 0.0882. The maximum Gasteiger partial charge on any atom is 0.311 e. The number of benzene rings is 2. The second-order valence-corrected chi connectivity index (χ2v) is 7.65. The molecule has 1 aliphatic rings. The fourth-order valence-electron chi connectivity index (χ4n) is 3.48. The average molecular weight is 394 g/mol. The van der Waals surface area contributed by atoms with E-state index in [1.807, 2.05) is 58.0 Å². The predicted molar refractivity (Wildman–Crippen MR) is 112 cm³/mol. The maximum absolute atomic E-state index is 12.4. The lowest BCUT2D eigenvalue weighted by atomic mass is 10.1. The minimum Gasteiger partial charge on any atom is -0.455 e. The first kappa shape index (κ1) is 20.6. The number of anilines is 2. The van der Waals surface area contributed by atoms with Crippen molar-refractivity contribution in [2.24, 2.45) is 5.92 Å². The number of ether oxygens (including phenoxy) is 1. The number of hydrogen-bond acceptors (Lipinski definition) is 4. The lowest BCUT2D eigenvalue weighted by Gasteiger charge is -2.19. The Morgan fingerprint density at radius 3 is 2.48 bits per heavy atom. The standard InChI is InChI=1S/C23H26N2O4/c1-14-5-8-20(17(4)9-14)25-12-18(11-22(25)27)23(28)29-13-21(26)24-19-7-6-15(2)16(3)10-19/h5-10,18H,11-13H2,1-4H3,(H,24,26)/t18-/m0/s1. The molecule has 1 saturated heterocycles. The number of nitrogens with one attached hydrogen (secondary N) is 1. The first-order valence-corrected chi connectivity index (χ1v) is 9.66. The van der Waals surface area contributed by atoms with Gasteiger partial charge in [-0.2, -0.15) is 0 Å². The highest BCUT2D eigenvalue weighted by Crippen LogP contribution is 2.29. The summed E-state index contributed by atoms with van der Waals surface area (Å²) in [5, 5.41) is 2.72. The molecule has 1 aliphatic heterocycles. The van der Waals surface area contributed by atoms with Gasteiger partial charge in [0.25, 0.3) is 5.91 Å². The molecule has 0 spiro atoms. The number of hydrogen-bond donors (Lipinski definition) is 1. The molecule has 2 aromatic carbocycles. The Labute approximate surface area is 170 Å². The van der Waals surface area contributed by atoms with Gasteiger partial charge in [0.1, 0.15) is 0 Å². The van der Waals surface area contributed by atoms with Gasteiger partial charge in [-0.1, -0.05) is 23.8 Å². The third kappa shape index (κ3) is 4.83. The Bertz CT molecular complexity index is 967. The van der Waals surface area contributed by atoms with Crippen LogP contribution in [0.1, 0.15) is 28.7 Å². The fourth-order valence-corrected chi connectivity index (χ4v) is 3.48. The van der Waals surface area contributed by atoms with Crippen LogP contribution >= 0.6 is 0 Å². The van der Waals surface area contributed by atoms with E-state index in [1.54, 1.807) is 11.0 Å². The zero-order valence-electron chi connectivity index (χ0n) is 17.2. The van der Waals surface area contributed by atoms with Gasteiger partial charge in [-0.05, 0) is 62.6 Å². The van der Waals surface area contributed by atoms with Gasteiger partial charge >= 0.3 is 5.97 Å². The van der Waals surface area contributed by atoms with Gasteiger partial charge in [0.2, 0.25) is 5.91 Å². The molecule has 2 aromatic rings. The monoisotopic (exact) mass is 394 g/mol. The Morgan fingerprint density at radius 2 is 1.79 bits per heavy atom. The van der Waals surface area contributed by atoms with Crippen molar-refractivity contribution in [2.45, 2.75) is 34.1 Å². The summed E-state index contributed by atoms with van der Waals surface area (Å²) < 4.78 is 5.17. The van der Waals surface area contributed by atoms with Crippen LogP contribution in [0.4, 0.5) is 11.4 Å². The van der Waals surface area contributed by atoms with E-state index in [0.29, 0.717) is 5.69 Å². The highest BCUT2D eigenvalue weighted by Gasteiger charge is 2.36. The van der Waals surface area contributed by atoms with Gasteiger partial charge in [-0.3, -0.25) is 14.4 Å². The Hall–Kier alpha value is -3.15. The smallest absolute Gasteiger partial charge is 0.311 e. The third-order valence-corrected chi connectivity index (χ3v) is 5.24. The second kappa shape index (κ2) is 8.47. The molecular weight excluding hydrogens is 368 g/mol. The normalized spacial score (nSPS) is 16.1. The van der Waals surface area contributed by atoms with E-state index in [-0.39, 0.29) is 25.5 Å². The highest BCUT2D eigenvalue weighted by molar-refractivity contribution is 6.00. The molecule has 1 N–H and O–H groups in total. The molecule has 6 nitrogen and oxygen atoms in total. The molecule has 29 heavy (non-hydrogen) atoms. The van der Waals surface area contributed by atoms with Crippen molar-refractivity contribution in [3.63, 3.8) is 0 Å². The van der Waals surface area contributed by atoms with E-state index in [4.69, 9.17) is 4.74 Å². The molecule has 0 bridgehead atoms. The van der Waals surface area contributed by atoms with Crippen LogP contribution in [-0.4, -0.2) is 30.9 Å². The van der Waals surface area contributed by atoms with Crippen molar-refractivity contribution in [2.75, 3.05) is 23.4 Å². The summed E-state index contributed by atoms with van der Waals surface area (Å²) in [5.74, 6) is -1.62. The van der Waals surface area contributed by atoms with Crippen molar-refractivity contribution >= 4 is 29.2 Å². The summed E-state index contributed by atoms with van der Waals surface area (Å²) in [6.45, 7) is 7.78. The Balaban J connectivity index is 1.55. The van der Waals surface area contributed by atoms with Crippen molar-refractivity contribution in [3.05, 3.63) is 58.7 Å². The van der Waals surface area contributed by atoms with Gasteiger partial charge < -0.3 is 15.0 Å². The van der Waals surface area contributed by atoms with E-state index in [0.717, 1.165) is 27.9 Å². The lowest BCUT2D eigenvalue weighted by molar-refractivity contribution is -0.151. The molecule has 0 radical (unpaired) electrons. The van der Waals surface area contributed by atoms with Crippen LogP contribution in [0.5, 0.6) is 0 Å². The van der Waals surface area contributed by atoms with Crippen LogP contribution in [0, 0.1) is 33.6 Å². The SMILES string of the molecule is Cc1ccc(N2C[C@@H](C(=O)OCC(=O)Nc3ccc(C)c(C)c3)CC2=O)c(C)c1. The Morgan fingerprint density at radius 1 is 1.03 bits per heavy atom. The second-order valence-electron chi connectivity index (χ2n) is 7.65. The predicted octanol–water partition coefficient (Wildman–Crippen LogP) is 3.46. The number of esters is 1. The first-order valence-electron chi connectivity index (χ1n) is 9.66. The molecule has 1 atom stereocenters. The van der Waals surface area contributed by atoms with E-state index >= 15 is 0 Å². The lowest BCUT2D eigenvalue weighted by Crippen LogP contribution is -2.28. The minimum atomic E-state index is -0.572. The molecule has 1 fully saturated rings. The molecular formula is C23H26N2O4. The molecule has 3 rings (SSSR count). The number of aryl methyl sites for hydroxylation is 4. The quantitative estimate of drug-likeness (QED) is 0.788. The molecule has 0 aliphatic carbocycles. The molecule has 0 saturated carbocycles. The number of carbonyl (C=O) groups is 3. The van der Waals surface area contributed by atoms with E-state index in [9.17, 15) is 14.4 Å². The van der Waals surface area contributed by atoms with Crippen LogP contribution < -0.4 is 10.2 Å². The van der Waals surface area contributed by atoms with Crippen LogP contribution in [0.3, 0.4) is 0 Å². The van der Waals surface area contributed by atoms with Gasteiger partial charge in [-0.15, -0.1) is 0 Å². The summed E-state index contributed by atoms with van der Waals surface area (Å²) in [7, 11) is 0. The van der Waals surface area contributed by atoms with Gasteiger partial charge in [0.15, 0.2) is 6.61 Å².